The molecule has 1 heterocycles. The van der Waals surface area contributed by atoms with Gasteiger partial charge < -0.3 is 19.9 Å². The fourth-order valence-corrected chi connectivity index (χ4v) is 4.26. The Morgan fingerprint density at radius 1 is 1.06 bits per heavy atom. The third kappa shape index (κ3) is 6.43. The molecule has 7 nitrogen and oxygen atoms in total. The molecule has 1 aliphatic rings. The van der Waals surface area contributed by atoms with Crippen molar-refractivity contribution in [2.75, 3.05) is 20.3 Å². The van der Waals surface area contributed by atoms with Crippen molar-refractivity contribution in [3.63, 3.8) is 0 Å². The molecule has 1 aliphatic heterocycles. The Balaban J connectivity index is 1.56. The summed E-state index contributed by atoms with van der Waals surface area (Å²) in [6.07, 6.45) is 2.09. The van der Waals surface area contributed by atoms with Crippen molar-refractivity contribution in [3.05, 3.63) is 89.5 Å². The lowest BCUT2D eigenvalue weighted by atomic mass is 10.0. The maximum absolute atomic E-state index is 13.7. The molecule has 3 aromatic rings. The maximum Gasteiger partial charge on any atom is 0.260 e. The van der Waals surface area contributed by atoms with Crippen LogP contribution in [-0.4, -0.2) is 48.0 Å². The lowest BCUT2D eigenvalue weighted by Gasteiger charge is -2.28. The minimum Gasteiger partial charge on any atom is -0.508 e. The first kappa shape index (κ1) is 25.3. The molecule has 188 valence electrons. The Labute approximate surface area is 212 Å². The number of rotatable bonds is 10. The van der Waals surface area contributed by atoms with Gasteiger partial charge in [-0.2, -0.15) is 5.10 Å². The van der Waals surface area contributed by atoms with Crippen LogP contribution in [0.5, 0.6) is 17.2 Å². The number of nitrogens with zero attached hydrogens (tertiary/aromatic N) is 2. The van der Waals surface area contributed by atoms with Gasteiger partial charge in [-0.05, 0) is 67.6 Å². The van der Waals surface area contributed by atoms with E-state index in [4.69, 9.17) is 14.6 Å². The van der Waals surface area contributed by atoms with Crippen LogP contribution in [0.3, 0.4) is 0 Å². The number of phenols is 1. The molecule has 1 unspecified atom stereocenters. The molecule has 0 saturated heterocycles. The second-order valence-electron chi connectivity index (χ2n) is 8.70. The average molecular weight is 488 g/mol. The number of carbonyl (C=O) groups is 1. The van der Waals surface area contributed by atoms with Crippen LogP contribution in [0, 0.1) is 0 Å². The molecule has 7 heteroatoms. The quantitative estimate of drug-likeness (QED) is 0.439. The Bertz CT molecular complexity index is 1180. The van der Waals surface area contributed by atoms with Gasteiger partial charge >= 0.3 is 0 Å². The van der Waals surface area contributed by atoms with Crippen LogP contribution >= 0.6 is 0 Å². The second-order valence-corrected chi connectivity index (χ2v) is 8.70. The highest BCUT2D eigenvalue weighted by molar-refractivity contribution is 6.02. The largest absolute Gasteiger partial charge is 0.508 e. The zero-order valence-electron chi connectivity index (χ0n) is 20.8. The number of hydrogen-bond donors (Lipinski definition) is 2. The average Bonchev–Trinajstić information content (AvgIpc) is 2.92. The third-order valence-corrected chi connectivity index (χ3v) is 6.15. The number of phenolic OH excluding ortho intramolecular Hbond substituents is 1. The number of ether oxygens (including phenoxy) is 2. The van der Waals surface area contributed by atoms with Crippen molar-refractivity contribution >= 4 is 11.6 Å². The van der Waals surface area contributed by atoms with E-state index in [1.807, 2.05) is 67.6 Å². The summed E-state index contributed by atoms with van der Waals surface area (Å²) in [5.74, 6) is 1.47. The van der Waals surface area contributed by atoms with E-state index in [1.54, 1.807) is 24.3 Å². The molecule has 0 fully saturated rings. The Hall–Kier alpha value is -3.84. The van der Waals surface area contributed by atoms with E-state index in [1.165, 1.54) is 0 Å². The van der Waals surface area contributed by atoms with E-state index < -0.39 is 6.04 Å². The van der Waals surface area contributed by atoms with Crippen molar-refractivity contribution in [3.8, 4) is 17.2 Å². The SMILES string of the molecule is CCOc1cc(C2=NN(C(=O)C(Cc3ccc(O)cc3)NCc3ccccc3)CCC2)ccc1OC. The summed E-state index contributed by atoms with van der Waals surface area (Å²) < 4.78 is 11.1. The Morgan fingerprint density at radius 2 is 1.83 bits per heavy atom. The molecular formula is C29H33N3O4. The molecular weight excluding hydrogens is 454 g/mol. The van der Waals surface area contributed by atoms with Gasteiger partial charge in [-0.3, -0.25) is 4.79 Å². The molecule has 0 spiro atoms. The molecule has 0 bridgehead atoms. The van der Waals surface area contributed by atoms with Gasteiger partial charge in [0, 0.05) is 18.7 Å². The first-order valence-corrected chi connectivity index (χ1v) is 12.3. The predicted molar refractivity (Wildman–Crippen MR) is 141 cm³/mol. The summed E-state index contributed by atoms with van der Waals surface area (Å²) in [4.78, 5) is 13.7. The first-order valence-electron chi connectivity index (χ1n) is 12.3. The number of amides is 1. The Kier molecular flexibility index (Phi) is 8.57. The zero-order chi connectivity index (χ0) is 25.3. The van der Waals surface area contributed by atoms with E-state index in [9.17, 15) is 9.90 Å². The normalized spacial score (nSPS) is 14.2. The lowest BCUT2D eigenvalue weighted by molar-refractivity contribution is -0.133. The van der Waals surface area contributed by atoms with Crippen LogP contribution in [0.2, 0.25) is 0 Å². The van der Waals surface area contributed by atoms with E-state index in [2.05, 4.69) is 5.32 Å². The predicted octanol–water partition coefficient (Wildman–Crippen LogP) is 4.53. The van der Waals surface area contributed by atoms with E-state index >= 15 is 0 Å². The van der Waals surface area contributed by atoms with Crippen molar-refractivity contribution in [2.24, 2.45) is 5.10 Å². The highest BCUT2D eigenvalue weighted by atomic mass is 16.5. The van der Waals surface area contributed by atoms with Crippen molar-refractivity contribution in [2.45, 2.75) is 38.8 Å². The number of hydrogen-bond acceptors (Lipinski definition) is 6. The van der Waals surface area contributed by atoms with E-state index in [-0.39, 0.29) is 11.7 Å². The van der Waals surface area contributed by atoms with Gasteiger partial charge in [0.15, 0.2) is 11.5 Å². The maximum atomic E-state index is 13.7. The van der Waals surface area contributed by atoms with Gasteiger partial charge in [-0.1, -0.05) is 42.5 Å². The van der Waals surface area contributed by atoms with E-state index in [0.29, 0.717) is 37.6 Å². The molecule has 1 amide bonds. The van der Waals surface area contributed by atoms with Crippen LogP contribution in [0.15, 0.2) is 77.9 Å². The summed E-state index contributed by atoms with van der Waals surface area (Å²) >= 11 is 0. The molecule has 0 saturated carbocycles. The number of carbonyl (C=O) groups excluding carboxylic acids is 1. The van der Waals surface area contributed by atoms with Crippen LogP contribution in [0.25, 0.3) is 0 Å². The number of methoxy groups -OCH3 is 1. The first-order chi connectivity index (χ1) is 17.6. The van der Waals surface area contributed by atoms with Gasteiger partial charge in [0.1, 0.15) is 5.75 Å². The summed E-state index contributed by atoms with van der Waals surface area (Å²) in [7, 11) is 1.62. The second kappa shape index (κ2) is 12.2. The molecule has 1 atom stereocenters. The summed E-state index contributed by atoms with van der Waals surface area (Å²) in [6, 6.07) is 22.3. The zero-order valence-corrected chi connectivity index (χ0v) is 20.8. The van der Waals surface area contributed by atoms with Crippen molar-refractivity contribution in [1.29, 1.82) is 0 Å². The van der Waals surface area contributed by atoms with Crippen LogP contribution < -0.4 is 14.8 Å². The number of benzene rings is 3. The fourth-order valence-electron chi connectivity index (χ4n) is 4.26. The minimum atomic E-state index is -0.465. The van der Waals surface area contributed by atoms with E-state index in [0.717, 1.165) is 35.2 Å². The monoisotopic (exact) mass is 487 g/mol. The molecule has 2 N–H and O–H groups in total. The number of nitrogens with one attached hydrogen (secondary N) is 1. The Morgan fingerprint density at radius 3 is 2.56 bits per heavy atom. The van der Waals surface area contributed by atoms with Crippen molar-refractivity contribution < 1.29 is 19.4 Å². The van der Waals surface area contributed by atoms with Crippen LogP contribution in [-0.2, 0) is 17.8 Å². The van der Waals surface area contributed by atoms with Gasteiger partial charge in [0.05, 0.1) is 25.5 Å². The number of aromatic hydroxyl groups is 1. The lowest BCUT2D eigenvalue weighted by Crippen LogP contribution is -2.47. The third-order valence-electron chi connectivity index (χ3n) is 6.15. The smallest absolute Gasteiger partial charge is 0.260 e. The van der Waals surface area contributed by atoms with Crippen LogP contribution in [0.1, 0.15) is 36.5 Å². The summed E-state index contributed by atoms with van der Waals surface area (Å²) in [5.41, 5.74) is 3.84. The standard InChI is InChI=1S/C29H33N3O4/c1-3-36-28-19-23(13-16-27(28)35-2)25-10-7-17-32(31-25)29(34)26(18-21-11-14-24(33)15-12-21)30-20-22-8-5-4-6-9-22/h4-6,8-9,11-16,19,26,30,33H,3,7,10,17-18,20H2,1-2H3. The fraction of sp³-hybridized carbons (Fsp3) is 0.310. The molecule has 0 aliphatic carbocycles. The highest BCUT2D eigenvalue weighted by Crippen LogP contribution is 2.29. The minimum absolute atomic E-state index is 0.0743. The van der Waals surface area contributed by atoms with Gasteiger partial charge in [0.2, 0.25) is 0 Å². The molecule has 36 heavy (non-hydrogen) atoms. The molecule has 3 aromatic carbocycles. The summed E-state index contributed by atoms with van der Waals surface area (Å²) in [6.45, 7) is 3.59. The van der Waals surface area contributed by atoms with Crippen molar-refractivity contribution in [1.82, 2.24) is 10.3 Å². The van der Waals surface area contributed by atoms with Gasteiger partial charge in [-0.15, -0.1) is 0 Å². The molecule has 0 aromatic heterocycles. The summed E-state index contributed by atoms with van der Waals surface area (Å²) in [5, 5.41) is 19.4. The number of hydrazone groups is 1. The van der Waals surface area contributed by atoms with Crippen LogP contribution in [0.4, 0.5) is 0 Å². The van der Waals surface area contributed by atoms with Gasteiger partial charge in [-0.25, -0.2) is 5.01 Å². The molecule has 0 radical (unpaired) electrons. The molecule has 4 rings (SSSR count). The topological polar surface area (TPSA) is 83.4 Å². The highest BCUT2D eigenvalue weighted by Gasteiger charge is 2.27. The van der Waals surface area contributed by atoms with Gasteiger partial charge in [0.25, 0.3) is 5.91 Å².